The van der Waals surface area contributed by atoms with Crippen LogP contribution in [-0.2, 0) is 5.54 Å². The van der Waals surface area contributed by atoms with E-state index in [1.165, 1.54) is 17.8 Å². The van der Waals surface area contributed by atoms with Crippen molar-refractivity contribution in [1.82, 2.24) is 10.1 Å². The Kier molecular flexibility index (Phi) is 4.31. The van der Waals surface area contributed by atoms with E-state index in [0.717, 1.165) is 24.8 Å². The molecule has 3 aromatic rings. The number of hydrogen-bond acceptors (Lipinski definition) is 5. The maximum Gasteiger partial charge on any atom is 0.244 e. The molecule has 0 aliphatic heterocycles. The lowest BCUT2D eigenvalue weighted by atomic mass is 9.77. The van der Waals surface area contributed by atoms with E-state index in [1.54, 1.807) is 12.1 Å². The fourth-order valence-electron chi connectivity index (χ4n) is 2.88. The van der Waals surface area contributed by atoms with Crippen LogP contribution in [0.15, 0.2) is 64.0 Å². The third-order valence-corrected chi connectivity index (χ3v) is 5.84. The summed E-state index contributed by atoms with van der Waals surface area (Å²) in [6.07, 6.45) is 2.80. The molecule has 2 aromatic carbocycles. The minimum atomic E-state index is -0.481. The highest BCUT2D eigenvalue weighted by atomic mass is 32.2. The summed E-state index contributed by atoms with van der Waals surface area (Å²) in [5.74, 6) is 0.734. The lowest BCUT2D eigenvalue weighted by Crippen LogP contribution is -2.44. The second-order valence-corrected chi connectivity index (χ2v) is 7.45. The SMILES string of the molecule is NC1(c2noc(C(Sc3ccccc3F)c3ccccc3)n2)CCC1. The molecule has 0 radical (unpaired) electrons. The largest absolute Gasteiger partial charge is 0.338 e. The topological polar surface area (TPSA) is 64.9 Å². The molecule has 0 saturated heterocycles. The van der Waals surface area contributed by atoms with Gasteiger partial charge >= 0.3 is 0 Å². The van der Waals surface area contributed by atoms with Crippen LogP contribution in [0.3, 0.4) is 0 Å². The number of halogens is 1. The summed E-state index contributed by atoms with van der Waals surface area (Å²) in [5.41, 5.74) is 6.80. The van der Waals surface area contributed by atoms with Gasteiger partial charge in [0.2, 0.25) is 5.89 Å². The molecule has 0 amide bonds. The van der Waals surface area contributed by atoms with Crippen LogP contribution in [0, 0.1) is 5.82 Å². The van der Waals surface area contributed by atoms with Crippen molar-refractivity contribution in [3.05, 3.63) is 77.7 Å². The van der Waals surface area contributed by atoms with E-state index in [4.69, 9.17) is 10.3 Å². The van der Waals surface area contributed by atoms with Gasteiger partial charge in [-0.2, -0.15) is 4.98 Å². The molecule has 1 saturated carbocycles. The van der Waals surface area contributed by atoms with E-state index >= 15 is 0 Å². The molecule has 1 aromatic heterocycles. The van der Waals surface area contributed by atoms with Gasteiger partial charge in [-0.1, -0.05) is 47.6 Å². The lowest BCUT2D eigenvalue weighted by Gasteiger charge is -2.34. The Morgan fingerprint density at radius 1 is 1.08 bits per heavy atom. The van der Waals surface area contributed by atoms with Crippen LogP contribution in [0.4, 0.5) is 4.39 Å². The Labute approximate surface area is 149 Å². The molecule has 0 bridgehead atoms. The van der Waals surface area contributed by atoms with E-state index in [1.807, 2.05) is 36.4 Å². The second-order valence-electron chi connectivity index (χ2n) is 6.30. The zero-order chi connectivity index (χ0) is 17.3. The van der Waals surface area contributed by atoms with Crippen molar-refractivity contribution in [2.75, 3.05) is 0 Å². The van der Waals surface area contributed by atoms with Crippen LogP contribution in [-0.4, -0.2) is 10.1 Å². The Morgan fingerprint density at radius 3 is 2.48 bits per heavy atom. The predicted octanol–water partition coefficient (Wildman–Crippen LogP) is 4.43. The minimum absolute atomic E-state index is 0.262. The van der Waals surface area contributed by atoms with Gasteiger partial charge in [0.25, 0.3) is 0 Å². The predicted molar refractivity (Wildman–Crippen MR) is 94.6 cm³/mol. The first-order chi connectivity index (χ1) is 12.2. The quantitative estimate of drug-likeness (QED) is 0.686. The number of thioether (sulfide) groups is 1. The van der Waals surface area contributed by atoms with Crippen LogP contribution >= 0.6 is 11.8 Å². The van der Waals surface area contributed by atoms with Crippen molar-refractivity contribution in [2.45, 2.75) is 34.9 Å². The van der Waals surface area contributed by atoms with E-state index in [2.05, 4.69) is 10.1 Å². The average molecular weight is 355 g/mol. The highest BCUT2D eigenvalue weighted by Gasteiger charge is 2.39. The summed E-state index contributed by atoms with van der Waals surface area (Å²) in [4.78, 5) is 5.10. The molecule has 1 aliphatic carbocycles. The van der Waals surface area contributed by atoms with Gasteiger partial charge in [0.1, 0.15) is 11.1 Å². The summed E-state index contributed by atoms with van der Waals surface area (Å²) in [7, 11) is 0. The Balaban J connectivity index is 1.70. The normalized spacial score (nSPS) is 17.0. The second kappa shape index (κ2) is 6.61. The third-order valence-electron chi connectivity index (χ3n) is 4.54. The van der Waals surface area contributed by atoms with Gasteiger partial charge in [-0.3, -0.25) is 0 Å². The third kappa shape index (κ3) is 3.19. The number of benzene rings is 2. The molecule has 1 heterocycles. The van der Waals surface area contributed by atoms with E-state index in [9.17, 15) is 4.39 Å². The fourth-order valence-corrected chi connectivity index (χ4v) is 3.96. The first-order valence-electron chi connectivity index (χ1n) is 8.25. The summed E-state index contributed by atoms with van der Waals surface area (Å²) < 4.78 is 19.7. The van der Waals surface area contributed by atoms with Crippen molar-refractivity contribution < 1.29 is 8.91 Å². The van der Waals surface area contributed by atoms with Crippen molar-refractivity contribution in [2.24, 2.45) is 5.73 Å². The highest BCUT2D eigenvalue weighted by Crippen LogP contribution is 2.42. The molecule has 6 heteroatoms. The van der Waals surface area contributed by atoms with Gasteiger partial charge in [-0.25, -0.2) is 4.39 Å². The Morgan fingerprint density at radius 2 is 1.80 bits per heavy atom. The maximum absolute atomic E-state index is 14.1. The molecule has 2 N–H and O–H groups in total. The molecule has 4 rings (SSSR count). The summed E-state index contributed by atoms with van der Waals surface area (Å²) in [5, 5.41) is 3.81. The number of nitrogens with two attached hydrogens (primary N) is 1. The molecule has 128 valence electrons. The maximum atomic E-state index is 14.1. The summed E-state index contributed by atoms with van der Waals surface area (Å²) >= 11 is 1.36. The van der Waals surface area contributed by atoms with Crippen molar-refractivity contribution in [1.29, 1.82) is 0 Å². The van der Waals surface area contributed by atoms with Crippen LogP contribution in [0.2, 0.25) is 0 Å². The van der Waals surface area contributed by atoms with Gasteiger partial charge in [-0.15, -0.1) is 11.8 Å². The average Bonchev–Trinajstić information content (AvgIpc) is 3.10. The van der Waals surface area contributed by atoms with Gasteiger partial charge in [-0.05, 0) is 37.0 Å². The first kappa shape index (κ1) is 16.3. The van der Waals surface area contributed by atoms with E-state index in [-0.39, 0.29) is 11.1 Å². The first-order valence-corrected chi connectivity index (χ1v) is 9.13. The molecular formula is C19H18FN3OS. The minimum Gasteiger partial charge on any atom is -0.338 e. The highest BCUT2D eigenvalue weighted by molar-refractivity contribution is 7.99. The van der Waals surface area contributed by atoms with Crippen LogP contribution in [0.1, 0.15) is 41.8 Å². The zero-order valence-corrected chi connectivity index (χ0v) is 14.4. The molecule has 1 fully saturated rings. The van der Waals surface area contributed by atoms with Crippen molar-refractivity contribution in [3.8, 4) is 0 Å². The number of rotatable bonds is 5. The summed E-state index contributed by atoms with van der Waals surface area (Å²) in [6, 6.07) is 16.5. The monoisotopic (exact) mass is 355 g/mol. The Hall–Kier alpha value is -2.18. The number of aromatic nitrogens is 2. The van der Waals surface area contributed by atoms with Gasteiger partial charge in [0, 0.05) is 4.90 Å². The molecule has 25 heavy (non-hydrogen) atoms. The smallest absolute Gasteiger partial charge is 0.244 e. The van der Waals surface area contributed by atoms with Crippen molar-refractivity contribution in [3.63, 3.8) is 0 Å². The standard InChI is InChI=1S/C19H18FN3OS/c20-14-9-4-5-10-15(14)25-16(13-7-2-1-3-8-13)17-22-18(23-24-17)19(21)11-6-12-19/h1-5,7-10,16H,6,11-12,21H2. The van der Waals surface area contributed by atoms with Gasteiger partial charge < -0.3 is 10.3 Å². The molecule has 0 spiro atoms. The molecular weight excluding hydrogens is 337 g/mol. The van der Waals surface area contributed by atoms with Crippen LogP contribution in [0.25, 0.3) is 0 Å². The Bertz CT molecular complexity index is 864. The molecule has 1 atom stereocenters. The van der Waals surface area contributed by atoms with Gasteiger partial charge in [0.05, 0.1) is 5.54 Å². The van der Waals surface area contributed by atoms with Crippen LogP contribution in [0.5, 0.6) is 0 Å². The molecule has 4 nitrogen and oxygen atoms in total. The molecule has 1 aliphatic rings. The lowest BCUT2D eigenvalue weighted by molar-refractivity contribution is 0.229. The zero-order valence-electron chi connectivity index (χ0n) is 13.6. The van der Waals surface area contributed by atoms with E-state index < -0.39 is 5.54 Å². The van der Waals surface area contributed by atoms with Gasteiger partial charge in [0.15, 0.2) is 5.82 Å². The molecule has 1 unspecified atom stereocenters. The van der Waals surface area contributed by atoms with Crippen LogP contribution < -0.4 is 5.73 Å². The van der Waals surface area contributed by atoms with E-state index in [0.29, 0.717) is 16.6 Å². The fraction of sp³-hybridized carbons (Fsp3) is 0.263. The number of nitrogens with zero attached hydrogens (tertiary/aromatic N) is 2. The number of hydrogen-bond donors (Lipinski definition) is 1. The van der Waals surface area contributed by atoms with Crippen molar-refractivity contribution >= 4 is 11.8 Å². The summed E-state index contributed by atoms with van der Waals surface area (Å²) in [6.45, 7) is 0.